The maximum Gasteiger partial charge on any atom is 0.419 e. The number of nitrogens with zero attached hydrogens (tertiary/aromatic N) is 3. The van der Waals surface area contributed by atoms with E-state index >= 15 is 0 Å². The van der Waals surface area contributed by atoms with E-state index in [4.69, 9.17) is 9.47 Å². The van der Waals surface area contributed by atoms with E-state index in [1.54, 1.807) is 65.6 Å². The number of hydrazone groups is 1. The number of para-hydroxylation sites is 1. The first-order valence-corrected chi connectivity index (χ1v) is 20.8. The van der Waals surface area contributed by atoms with Crippen molar-refractivity contribution in [2.24, 2.45) is 5.10 Å². The molecule has 1 aliphatic rings. The van der Waals surface area contributed by atoms with Gasteiger partial charge in [0.15, 0.2) is 0 Å². The maximum absolute atomic E-state index is 14.0. The summed E-state index contributed by atoms with van der Waals surface area (Å²) in [5.74, 6) is 0.184. The van der Waals surface area contributed by atoms with Gasteiger partial charge in [0.1, 0.15) is 18.1 Å². The van der Waals surface area contributed by atoms with Gasteiger partial charge in [0, 0.05) is 42.0 Å². The predicted molar refractivity (Wildman–Crippen MR) is 237 cm³/mol. The minimum Gasteiger partial charge on any atom is -0.506 e. The molecule has 5 aromatic carbocycles. The highest BCUT2D eigenvalue weighted by Gasteiger charge is 2.23. The van der Waals surface area contributed by atoms with Crippen molar-refractivity contribution in [1.29, 1.82) is 0 Å². The molecule has 3 N–H and O–H groups in total. The molecule has 0 atom stereocenters. The summed E-state index contributed by atoms with van der Waals surface area (Å²) in [7, 11) is 0. The second-order valence-corrected chi connectivity index (χ2v) is 14.9. The number of phenols is 1. The van der Waals surface area contributed by atoms with E-state index < -0.39 is 12.0 Å². The largest absolute Gasteiger partial charge is 0.506 e. The molecule has 0 fully saturated rings. The van der Waals surface area contributed by atoms with Gasteiger partial charge < -0.3 is 25.2 Å². The average molecular weight is 798 g/mol. The summed E-state index contributed by atoms with van der Waals surface area (Å²) in [5.41, 5.74) is 3.71. The molecular weight excluding hydrogens is 743 g/mol. The lowest BCUT2D eigenvalue weighted by Crippen LogP contribution is -2.34. The van der Waals surface area contributed by atoms with Gasteiger partial charge in [0.05, 0.1) is 23.5 Å². The molecule has 308 valence electrons. The summed E-state index contributed by atoms with van der Waals surface area (Å²) in [4.78, 5) is 40.4. The van der Waals surface area contributed by atoms with Crippen molar-refractivity contribution in [2.75, 3.05) is 33.6 Å². The van der Waals surface area contributed by atoms with Crippen molar-refractivity contribution < 1.29 is 29.0 Å². The molecule has 3 amide bonds. The highest BCUT2D eigenvalue weighted by Crippen LogP contribution is 2.36. The number of carbonyl (C=O) groups excluding carboxylic acids is 3. The zero-order chi connectivity index (χ0) is 41.4. The van der Waals surface area contributed by atoms with E-state index in [2.05, 4.69) is 22.7 Å². The van der Waals surface area contributed by atoms with E-state index in [0.717, 1.165) is 49.9 Å². The minimum atomic E-state index is -0.539. The zero-order valence-corrected chi connectivity index (χ0v) is 34.1. The molecule has 0 bridgehead atoms. The third-order valence-corrected chi connectivity index (χ3v) is 10.3. The second kappa shape index (κ2) is 21.4. The molecule has 11 nitrogen and oxygen atoms in total. The average Bonchev–Trinajstić information content (AvgIpc) is 3.73. The quantitative estimate of drug-likeness (QED) is 0.0708. The molecular formula is C48H55N5O6. The SMILES string of the molecule is CCCCCCCCCCCCN(C(=O)Oc1ccc(COC2=NN(c3ccccc3)CC2)cc1)c1cccc2c(O)c(C(=O)Nc3ccc(NC(C)=O)cc3)ccc12. The van der Waals surface area contributed by atoms with Crippen molar-refractivity contribution >= 4 is 57.3 Å². The van der Waals surface area contributed by atoms with Crippen LogP contribution in [0.2, 0.25) is 0 Å². The molecule has 0 saturated carbocycles. The number of anilines is 4. The molecule has 1 heterocycles. The number of hydrogen-bond donors (Lipinski definition) is 3. The van der Waals surface area contributed by atoms with E-state index in [-0.39, 0.29) is 17.2 Å². The fourth-order valence-corrected chi connectivity index (χ4v) is 7.15. The Kier molecular flexibility index (Phi) is 15.3. The molecule has 0 radical (unpaired) electrons. The lowest BCUT2D eigenvalue weighted by atomic mass is 10.0. The summed E-state index contributed by atoms with van der Waals surface area (Å²) < 4.78 is 12.0. The molecule has 0 spiro atoms. The number of rotatable bonds is 19. The Bertz CT molecular complexity index is 2190. The van der Waals surface area contributed by atoms with Gasteiger partial charge in [-0.1, -0.05) is 113 Å². The Morgan fingerprint density at radius 3 is 2.07 bits per heavy atom. The summed E-state index contributed by atoms with van der Waals surface area (Å²) in [6, 6.07) is 32.6. The lowest BCUT2D eigenvalue weighted by molar-refractivity contribution is -0.114. The van der Waals surface area contributed by atoms with E-state index in [9.17, 15) is 19.5 Å². The molecule has 5 aromatic rings. The van der Waals surface area contributed by atoms with Gasteiger partial charge in [-0.2, -0.15) is 0 Å². The normalized spacial score (nSPS) is 12.2. The van der Waals surface area contributed by atoms with Crippen LogP contribution in [0.4, 0.5) is 27.5 Å². The first-order valence-electron chi connectivity index (χ1n) is 20.8. The van der Waals surface area contributed by atoms with Gasteiger partial charge in [-0.3, -0.25) is 19.5 Å². The molecule has 0 aliphatic carbocycles. The van der Waals surface area contributed by atoms with Crippen LogP contribution in [0, 0.1) is 0 Å². The molecule has 11 heteroatoms. The molecule has 0 saturated heterocycles. The fraction of sp³-hybridized carbons (Fsp3) is 0.333. The molecule has 6 rings (SSSR count). The number of benzene rings is 5. The van der Waals surface area contributed by atoms with Gasteiger partial charge in [-0.15, -0.1) is 5.10 Å². The van der Waals surface area contributed by atoms with E-state index in [0.29, 0.717) is 52.6 Å². The topological polar surface area (TPSA) is 133 Å². The van der Waals surface area contributed by atoms with Crippen LogP contribution in [0.25, 0.3) is 10.8 Å². The van der Waals surface area contributed by atoms with Crippen molar-refractivity contribution in [3.63, 3.8) is 0 Å². The molecule has 1 aliphatic heterocycles. The van der Waals surface area contributed by atoms with Crippen molar-refractivity contribution in [2.45, 2.75) is 91.1 Å². The van der Waals surface area contributed by atoms with Crippen LogP contribution in [0.1, 0.15) is 100 Å². The van der Waals surface area contributed by atoms with E-state index in [1.165, 1.54) is 45.4 Å². The molecule has 59 heavy (non-hydrogen) atoms. The maximum atomic E-state index is 14.0. The number of aromatic hydroxyl groups is 1. The van der Waals surface area contributed by atoms with Crippen molar-refractivity contribution in [1.82, 2.24) is 0 Å². The first kappa shape index (κ1) is 42.3. The summed E-state index contributed by atoms with van der Waals surface area (Å²) >= 11 is 0. The lowest BCUT2D eigenvalue weighted by Gasteiger charge is -2.24. The smallest absolute Gasteiger partial charge is 0.419 e. The number of phenolic OH excluding ortho intramolecular Hbond substituents is 1. The molecule has 0 unspecified atom stereocenters. The number of hydrogen-bond acceptors (Lipinski definition) is 8. The van der Waals surface area contributed by atoms with Crippen LogP contribution in [-0.4, -0.2) is 42.0 Å². The minimum absolute atomic E-state index is 0.0852. The summed E-state index contributed by atoms with van der Waals surface area (Å²) in [6.45, 7) is 5.17. The number of unbranched alkanes of at least 4 members (excludes halogenated alkanes) is 9. The Morgan fingerprint density at radius 2 is 1.39 bits per heavy atom. The third-order valence-electron chi connectivity index (χ3n) is 10.3. The second-order valence-electron chi connectivity index (χ2n) is 14.9. The van der Waals surface area contributed by atoms with Crippen LogP contribution in [0.15, 0.2) is 114 Å². The van der Waals surface area contributed by atoms with Crippen molar-refractivity contribution in [3.05, 3.63) is 120 Å². The van der Waals surface area contributed by atoms with E-state index in [1.807, 2.05) is 53.5 Å². The van der Waals surface area contributed by atoms with Crippen LogP contribution in [0.5, 0.6) is 11.5 Å². The number of carbonyl (C=O) groups is 3. The highest BCUT2D eigenvalue weighted by atomic mass is 16.6. The monoisotopic (exact) mass is 797 g/mol. The van der Waals surface area contributed by atoms with Gasteiger partial charge in [-0.25, -0.2) is 4.79 Å². The first-order chi connectivity index (χ1) is 28.8. The predicted octanol–water partition coefficient (Wildman–Crippen LogP) is 11.4. The Balaban J connectivity index is 1.13. The Labute approximate surface area is 347 Å². The standard InChI is InChI=1S/C48H55N5O6/c1-3-4-5-6-7-8-9-10-11-15-32-52(48(57)59-40-27-21-36(22-28-40)34-58-45-31-33-53(51-45)39-17-13-12-14-18-39)44-20-16-19-42-41(44)29-30-43(46(42)55)47(56)50-38-25-23-37(24-26-38)49-35(2)54/h12-14,16-30,55H,3-11,15,31-34H2,1-2H3,(H,49,54)(H,50,56). The summed E-state index contributed by atoms with van der Waals surface area (Å²) in [6.07, 6.45) is 11.8. The fourth-order valence-electron chi connectivity index (χ4n) is 7.15. The van der Waals surface area contributed by atoms with Gasteiger partial charge >= 0.3 is 6.09 Å². The van der Waals surface area contributed by atoms with Crippen LogP contribution in [-0.2, 0) is 16.1 Å². The number of fused-ring (bicyclic) bond motifs is 1. The summed E-state index contributed by atoms with van der Waals surface area (Å²) in [5, 5.41) is 24.5. The van der Waals surface area contributed by atoms with Gasteiger partial charge in [0.25, 0.3) is 5.91 Å². The Morgan fingerprint density at radius 1 is 0.729 bits per heavy atom. The van der Waals surface area contributed by atoms with Gasteiger partial charge in [-0.05, 0) is 72.6 Å². The number of nitrogens with one attached hydrogen (secondary N) is 2. The molecule has 0 aromatic heterocycles. The van der Waals surface area contributed by atoms with Crippen molar-refractivity contribution in [3.8, 4) is 11.5 Å². The number of ether oxygens (including phenoxy) is 2. The van der Waals surface area contributed by atoms with Crippen LogP contribution >= 0.6 is 0 Å². The third kappa shape index (κ3) is 12.1. The number of amides is 3. The Hall–Kier alpha value is -6.36. The highest BCUT2D eigenvalue weighted by molar-refractivity contribution is 6.12. The van der Waals surface area contributed by atoms with Crippen LogP contribution < -0.4 is 25.3 Å². The van der Waals surface area contributed by atoms with Crippen LogP contribution in [0.3, 0.4) is 0 Å². The zero-order valence-electron chi connectivity index (χ0n) is 34.1. The van der Waals surface area contributed by atoms with Gasteiger partial charge in [0.2, 0.25) is 11.8 Å².